The van der Waals surface area contributed by atoms with E-state index in [0.717, 1.165) is 18.8 Å². The smallest absolute Gasteiger partial charge is 0.282 e. The monoisotopic (exact) mass is 275 g/mol. The van der Waals surface area contributed by atoms with Crippen LogP contribution in [0.15, 0.2) is 24.3 Å². The minimum absolute atomic E-state index is 0.0375. The largest absolute Gasteiger partial charge is 0.325 e. The Morgan fingerprint density at radius 2 is 1.75 bits per heavy atom. The number of benzene rings is 1. The predicted molar refractivity (Wildman–Crippen MR) is 83.2 cm³/mol. The van der Waals surface area contributed by atoms with Gasteiger partial charge in [-0.15, -0.1) is 0 Å². The number of anilines is 1. The Morgan fingerprint density at radius 1 is 1.10 bits per heavy atom. The number of hydrogen-bond donors (Lipinski definition) is 2. The number of likely N-dealkylation sites (tertiary alicyclic amines) is 1. The maximum Gasteiger partial charge on any atom is 0.282 e. The first kappa shape index (κ1) is 15.0. The van der Waals surface area contributed by atoms with Gasteiger partial charge in [-0.2, -0.15) is 0 Å². The van der Waals surface area contributed by atoms with Gasteiger partial charge in [-0.3, -0.25) is 4.79 Å². The van der Waals surface area contributed by atoms with Gasteiger partial charge in [0.1, 0.15) is 0 Å². The van der Waals surface area contributed by atoms with Crippen LogP contribution in [0.1, 0.15) is 51.5 Å². The summed E-state index contributed by atoms with van der Waals surface area (Å²) in [6.07, 6.45) is 3.80. The lowest BCUT2D eigenvalue weighted by Gasteiger charge is -2.28. The second-order valence-electron chi connectivity index (χ2n) is 6.17. The van der Waals surface area contributed by atoms with E-state index in [9.17, 15) is 4.79 Å². The number of quaternary nitrogens is 1. The van der Waals surface area contributed by atoms with Crippen molar-refractivity contribution in [2.24, 2.45) is 0 Å². The van der Waals surface area contributed by atoms with E-state index < -0.39 is 0 Å². The van der Waals surface area contributed by atoms with Crippen LogP contribution in [-0.2, 0) is 4.79 Å². The van der Waals surface area contributed by atoms with Crippen molar-refractivity contribution in [3.05, 3.63) is 29.8 Å². The van der Waals surface area contributed by atoms with Gasteiger partial charge in [-0.25, -0.2) is 0 Å². The third-order valence-corrected chi connectivity index (χ3v) is 4.34. The molecule has 1 aromatic rings. The highest BCUT2D eigenvalue weighted by molar-refractivity contribution is 5.94. The summed E-state index contributed by atoms with van der Waals surface area (Å²) >= 11 is 0. The highest BCUT2D eigenvalue weighted by Crippen LogP contribution is 2.23. The average molecular weight is 275 g/mol. The molecule has 2 N–H and O–H groups in total. The molecule has 0 spiro atoms. The van der Waals surface area contributed by atoms with Gasteiger partial charge in [-0.05, 0) is 43.7 Å². The van der Waals surface area contributed by atoms with Crippen LogP contribution in [0.4, 0.5) is 5.69 Å². The molecule has 1 fully saturated rings. The third-order valence-electron chi connectivity index (χ3n) is 4.34. The van der Waals surface area contributed by atoms with Gasteiger partial charge in [0.2, 0.25) is 0 Å². The molecular weight excluding hydrogens is 248 g/mol. The van der Waals surface area contributed by atoms with E-state index in [4.69, 9.17) is 0 Å². The summed E-state index contributed by atoms with van der Waals surface area (Å²) in [6.45, 7) is 8.61. The fraction of sp³-hybridized carbons (Fsp3) is 0.588. The van der Waals surface area contributed by atoms with Crippen LogP contribution >= 0.6 is 0 Å². The molecule has 0 saturated carbocycles. The van der Waals surface area contributed by atoms with E-state index in [1.807, 2.05) is 25.1 Å². The molecule has 0 bridgehead atoms. The number of carbonyl (C=O) groups is 1. The highest BCUT2D eigenvalue weighted by Gasteiger charge is 2.26. The molecule has 1 heterocycles. The Balaban J connectivity index is 2.03. The van der Waals surface area contributed by atoms with Gasteiger partial charge in [0.15, 0.2) is 6.04 Å². The zero-order valence-electron chi connectivity index (χ0n) is 12.9. The first-order valence-corrected chi connectivity index (χ1v) is 7.84. The maximum absolute atomic E-state index is 12.5. The molecule has 1 saturated heterocycles. The first-order chi connectivity index (χ1) is 9.59. The Bertz CT molecular complexity index is 450. The van der Waals surface area contributed by atoms with Crippen LogP contribution in [0.2, 0.25) is 0 Å². The highest BCUT2D eigenvalue weighted by atomic mass is 16.2. The lowest BCUT2D eigenvalue weighted by Crippen LogP contribution is -3.17. The molecule has 3 nitrogen and oxygen atoms in total. The van der Waals surface area contributed by atoms with Crippen molar-refractivity contribution in [1.82, 2.24) is 0 Å². The van der Waals surface area contributed by atoms with E-state index in [0.29, 0.717) is 5.92 Å². The molecule has 2 rings (SSSR count). The van der Waals surface area contributed by atoms with Crippen molar-refractivity contribution in [2.75, 3.05) is 18.4 Å². The predicted octanol–water partition coefficient (Wildman–Crippen LogP) is 2.21. The van der Waals surface area contributed by atoms with Crippen molar-refractivity contribution in [1.29, 1.82) is 0 Å². The number of carbonyl (C=O) groups excluding carboxylic acids is 1. The molecule has 1 aromatic carbocycles. The second kappa shape index (κ2) is 6.89. The van der Waals surface area contributed by atoms with Crippen molar-refractivity contribution in [3.8, 4) is 0 Å². The summed E-state index contributed by atoms with van der Waals surface area (Å²) in [6, 6.07) is 8.16. The van der Waals surface area contributed by atoms with E-state index >= 15 is 0 Å². The Hall–Kier alpha value is -1.35. The van der Waals surface area contributed by atoms with Gasteiger partial charge in [-0.1, -0.05) is 32.0 Å². The van der Waals surface area contributed by atoms with Crippen LogP contribution < -0.4 is 10.2 Å². The molecule has 0 aliphatic carbocycles. The Kier molecular flexibility index (Phi) is 5.18. The SMILES string of the molecule is CC(C)c1ccccc1NC(=O)[C@@H](C)[NH+]1CCCCC1. The zero-order valence-corrected chi connectivity index (χ0v) is 12.9. The van der Waals surface area contributed by atoms with Gasteiger partial charge >= 0.3 is 0 Å². The lowest BCUT2D eigenvalue weighted by molar-refractivity contribution is -0.918. The number of rotatable bonds is 4. The molecule has 1 amide bonds. The minimum Gasteiger partial charge on any atom is -0.325 e. The molecular formula is C17H27N2O+. The fourth-order valence-electron chi connectivity index (χ4n) is 2.98. The van der Waals surface area contributed by atoms with Gasteiger partial charge in [0.05, 0.1) is 13.1 Å². The van der Waals surface area contributed by atoms with Crippen LogP contribution in [0.25, 0.3) is 0 Å². The van der Waals surface area contributed by atoms with E-state index in [1.54, 1.807) is 0 Å². The lowest BCUT2D eigenvalue weighted by atomic mass is 10.0. The van der Waals surface area contributed by atoms with Crippen LogP contribution in [0.5, 0.6) is 0 Å². The van der Waals surface area contributed by atoms with E-state index in [1.165, 1.54) is 29.7 Å². The molecule has 1 aliphatic heterocycles. The first-order valence-electron chi connectivity index (χ1n) is 7.84. The Labute approximate surface area is 122 Å². The Morgan fingerprint density at radius 3 is 2.40 bits per heavy atom. The normalized spacial score (nSPS) is 18.0. The summed E-state index contributed by atoms with van der Waals surface area (Å²) in [5.74, 6) is 0.569. The molecule has 20 heavy (non-hydrogen) atoms. The zero-order chi connectivity index (χ0) is 14.5. The summed E-state index contributed by atoms with van der Waals surface area (Å²) < 4.78 is 0. The number of para-hydroxylation sites is 1. The number of piperidine rings is 1. The molecule has 1 aliphatic rings. The van der Waals surface area contributed by atoms with Crippen molar-refractivity contribution < 1.29 is 9.69 Å². The van der Waals surface area contributed by atoms with Crippen LogP contribution in [0, 0.1) is 0 Å². The number of hydrogen-bond acceptors (Lipinski definition) is 1. The maximum atomic E-state index is 12.5. The molecule has 3 heteroatoms. The standard InChI is InChI=1S/C17H26N2O/c1-13(2)15-9-5-6-10-16(15)18-17(20)14(3)19-11-7-4-8-12-19/h5-6,9-10,13-14H,4,7-8,11-12H2,1-3H3,(H,18,20)/p+1/t14-/m1/s1. The summed E-state index contributed by atoms with van der Waals surface area (Å²) in [5, 5.41) is 3.13. The molecule has 0 aromatic heterocycles. The van der Waals surface area contributed by atoms with Crippen LogP contribution in [0.3, 0.4) is 0 Å². The van der Waals surface area contributed by atoms with E-state index in [-0.39, 0.29) is 11.9 Å². The average Bonchev–Trinajstić information content (AvgIpc) is 2.47. The summed E-state index contributed by atoms with van der Waals surface area (Å²) in [7, 11) is 0. The molecule has 1 atom stereocenters. The van der Waals surface area contributed by atoms with Crippen molar-refractivity contribution in [3.63, 3.8) is 0 Å². The third kappa shape index (κ3) is 3.60. The van der Waals surface area contributed by atoms with Gasteiger partial charge < -0.3 is 10.2 Å². The van der Waals surface area contributed by atoms with Gasteiger partial charge in [0.25, 0.3) is 5.91 Å². The quantitative estimate of drug-likeness (QED) is 0.868. The number of amides is 1. The second-order valence-corrected chi connectivity index (χ2v) is 6.17. The van der Waals surface area contributed by atoms with Crippen molar-refractivity contribution >= 4 is 11.6 Å². The summed E-state index contributed by atoms with van der Waals surface area (Å²) in [5.41, 5.74) is 2.18. The summed E-state index contributed by atoms with van der Waals surface area (Å²) in [4.78, 5) is 13.9. The topological polar surface area (TPSA) is 33.5 Å². The molecule has 110 valence electrons. The number of nitrogens with one attached hydrogen (secondary N) is 2. The fourth-order valence-corrected chi connectivity index (χ4v) is 2.98. The minimum atomic E-state index is 0.0375. The molecule has 0 unspecified atom stereocenters. The van der Waals surface area contributed by atoms with Crippen LogP contribution in [-0.4, -0.2) is 25.0 Å². The molecule has 0 radical (unpaired) electrons. The van der Waals surface area contributed by atoms with Crippen molar-refractivity contribution in [2.45, 2.75) is 52.0 Å². The van der Waals surface area contributed by atoms with Gasteiger partial charge in [0, 0.05) is 5.69 Å². The van der Waals surface area contributed by atoms with E-state index in [2.05, 4.69) is 25.2 Å².